The molecule has 0 aliphatic rings. The molecule has 2 heterocycles. The second-order valence-electron chi connectivity index (χ2n) is 4.67. The predicted molar refractivity (Wildman–Crippen MR) is 83.9 cm³/mol. The summed E-state index contributed by atoms with van der Waals surface area (Å²) in [6, 6.07) is 17.4. The van der Waals surface area contributed by atoms with Gasteiger partial charge >= 0.3 is 0 Å². The van der Waals surface area contributed by atoms with E-state index >= 15 is 0 Å². The SMILES string of the molecule is Clc1ccccc1-c1ccc(CNCc2ccccn2)o1. The molecule has 0 bridgehead atoms. The zero-order chi connectivity index (χ0) is 14.5. The molecule has 0 saturated heterocycles. The van der Waals surface area contributed by atoms with E-state index < -0.39 is 0 Å². The third-order valence-electron chi connectivity index (χ3n) is 3.13. The molecule has 0 atom stereocenters. The molecule has 4 heteroatoms. The van der Waals surface area contributed by atoms with Crippen molar-refractivity contribution in [2.24, 2.45) is 0 Å². The van der Waals surface area contributed by atoms with Crippen molar-refractivity contribution in [2.45, 2.75) is 13.1 Å². The van der Waals surface area contributed by atoms with Crippen molar-refractivity contribution in [3.8, 4) is 11.3 Å². The van der Waals surface area contributed by atoms with Gasteiger partial charge < -0.3 is 9.73 Å². The van der Waals surface area contributed by atoms with E-state index in [4.69, 9.17) is 16.0 Å². The van der Waals surface area contributed by atoms with E-state index in [2.05, 4.69) is 10.3 Å². The minimum Gasteiger partial charge on any atom is -0.460 e. The van der Waals surface area contributed by atoms with Crippen LogP contribution in [0.1, 0.15) is 11.5 Å². The Morgan fingerprint density at radius 2 is 1.81 bits per heavy atom. The Balaban J connectivity index is 1.62. The van der Waals surface area contributed by atoms with Crippen LogP contribution in [-0.2, 0) is 13.1 Å². The monoisotopic (exact) mass is 298 g/mol. The van der Waals surface area contributed by atoms with Crippen LogP contribution in [0.4, 0.5) is 0 Å². The molecule has 106 valence electrons. The fourth-order valence-electron chi connectivity index (χ4n) is 2.10. The average molecular weight is 299 g/mol. The van der Waals surface area contributed by atoms with Gasteiger partial charge in [-0.3, -0.25) is 4.98 Å². The summed E-state index contributed by atoms with van der Waals surface area (Å²) < 4.78 is 5.82. The van der Waals surface area contributed by atoms with Gasteiger partial charge in [-0.05, 0) is 36.4 Å². The molecule has 1 aromatic carbocycles. The molecule has 0 aliphatic heterocycles. The van der Waals surface area contributed by atoms with Gasteiger partial charge in [0.1, 0.15) is 11.5 Å². The van der Waals surface area contributed by atoms with Crippen molar-refractivity contribution in [1.29, 1.82) is 0 Å². The summed E-state index contributed by atoms with van der Waals surface area (Å²) in [7, 11) is 0. The molecule has 0 aliphatic carbocycles. The highest BCUT2D eigenvalue weighted by atomic mass is 35.5. The third-order valence-corrected chi connectivity index (χ3v) is 3.46. The van der Waals surface area contributed by atoms with Crippen molar-refractivity contribution in [1.82, 2.24) is 10.3 Å². The molecule has 2 aromatic heterocycles. The zero-order valence-corrected chi connectivity index (χ0v) is 12.2. The maximum atomic E-state index is 6.17. The fraction of sp³-hybridized carbons (Fsp3) is 0.118. The first-order chi connectivity index (χ1) is 10.3. The van der Waals surface area contributed by atoms with Gasteiger partial charge in [0.15, 0.2) is 0 Å². The highest BCUT2D eigenvalue weighted by Crippen LogP contribution is 2.28. The summed E-state index contributed by atoms with van der Waals surface area (Å²) in [6.07, 6.45) is 1.79. The maximum Gasteiger partial charge on any atom is 0.135 e. The number of furan rings is 1. The minimum atomic E-state index is 0.654. The van der Waals surface area contributed by atoms with Gasteiger partial charge in [0.25, 0.3) is 0 Å². The number of benzene rings is 1. The van der Waals surface area contributed by atoms with E-state index in [1.165, 1.54) is 0 Å². The number of hydrogen-bond acceptors (Lipinski definition) is 3. The second-order valence-corrected chi connectivity index (χ2v) is 5.08. The first-order valence-electron chi connectivity index (χ1n) is 6.77. The van der Waals surface area contributed by atoms with Gasteiger partial charge in [-0.1, -0.05) is 29.8 Å². The van der Waals surface area contributed by atoms with Gasteiger partial charge in [-0.25, -0.2) is 0 Å². The Labute approximate surface area is 128 Å². The van der Waals surface area contributed by atoms with Crippen molar-refractivity contribution in [3.63, 3.8) is 0 Å². The lowest BCUT2D eigenvalue weighted by Crippen LogP contribution is -2.12. The molecule has 0 saturated carbocycles. The van der Waals surface area contributed by atoms with E-state index in [9.17, 15) is 0 Å². The number of halogens is 1. The molecule has 3 rings (SSSR count). The van der Waals surface area contributed by atoms with Crippen LogP contribution in [0.2, 0.25) is 5.02 Å². The quantitative estimate of drug-likeness (QED) is 0.764. The zero-order valence-electron chi connectivity index (χ0n) is 11.4. The highest BCUT2D eigenvalue weighted by molar-refractivity contribution is 6.33. The highest BCUT2D eigenvalue weighted by Gasteiger charge is 2.07. The number of aromatic nitrogens is 1. The molecule has 21 heavy (non-hydrogen) atoms. The Kier molecular flexibility index (Phi) is 4.34. The van der Waals surface area contributed by atoms with Crippen LogP contribution >= 0.6 is 11.6 Å². The Bertz CT molecular complexity index is 710. The molecule has 0 spiro atoms. The molecule has 0 fully saturated rings. The average Bonchev–Trinajstić information content (AvgIpc) is 2.97. The number of pyridine rings is 1. The van der Waals surface area contributed by atoms with Crippen LogP contribution in [0.3, 0.4) is 0 Å². The number of hydrogen-bond donors (Lipinski definition) is 1. The smallest absolute Gasteiger partial charge is 0.135 e. The van der Waals surface area contributed by atoms with E-state index in [-0.39, 0.29) is 0 Å². The van der Waals surface area contributed by atoms with E-state index in [0.717, 1.165) is 22.8 Å². The maximum absolute atomic E-state index is 6.17. The fourth-order valence-corrected chi connectivity index (χ4v) is 2.32. The van der Waals surface area contributed by atoms with Gasteiger partial charge in [-0.2, -0.15) is 0 Å². The first-order valence-corrected chi connectivity index (χ1v) is 7.15. The lowest BCUT2D eigenvalue weighted by Gasteiger charge is -2.02. The van der Waals surface area contributed by atoms with E-state index in [1.807, 2.05) is 54.6 Å². The van der Waals surface area contributed by atoms with E-state index in [1.54, 1.807) is 6.20 Å². The summed E-state index contributed by atoms with van der Waals surface area (Å²) in [5.74, 6) is 1.66. The van der Waals surface area contributed by atoms with Crippen LogP contribution in [0.25, 0.3) is 11.3 Å². The molecule has 3 aromatic rings. The van der Waals surface area contributed by atoms with Crippen LogP contribution in [-0.4, -0.2) is 4.98 Å². The normalized spacial score (nSPS) is 10.7. The Morgan fingerprint density at radius 1 is 0.952 bits per heavy atom. The lowest BCUT2D eigenvalue weighted by atomic mass is 10.2. The van der Waals surface area contributed by atoms with Gasteiger partial charge in [0.05, 0.1) is 17.3 Å². The van der Waals surface area contributed by atoms with E-state index in [0.29, 0.717) is 18.1 Å². The third kappa shape index (κ3) is 3.51. The molecule has 1 N–H and O–H groups in total. The molecule has 0 unspecified atom stereocenters. The summed E-state index contributed by atoms with van der Waals surface area (Å²) in [6.45, 7) is 1.37. The topological polar surface area (TPSA) is 38.1 Å². The van der Waals surface area contributed by atoms with Crippen molar-refractivity contribution < 1.29 is 4.42 Å². The number of nitrogens with one attached hydrogen (secondary N) is 1. The van der Waals surface area contributed by atoms with Gasteiger partial charge in [0, 0.05) is 18.3 Å². The van der Waals surface area contributed by atoms with Crippen molar-refractivity contribution in [3.05, 3.63) is 77.3 Å². The first kappa shape index (κ1) is 13.9. The summed E-state index contributed by atoms with van der Waals surface area (Å²) in [5, 5.41) is 4.00. The lowest BCUT2D eigenvalue weighted by molar-refractivity contribution is 0.492. The minimum absolute atomic E-state index is 0.654. The Morgan fingerprint density at radius 3 is 2.62 bits per heavy atom. The molecular formula is C17H15ClN2O. The summed E-state index contributed by atoms with van der Waals surface area (Å²) in [4.78, 5) is 4.26. The Hall–Kier alpha value is -2.10. The molecule has 0 amide bonds. The van der Waals surface area contributed by atoms with Gasteiger partial charge in [0.2, 0.25) is 0 Å². The van der Waals surface area contributed by atoms with Gasteiger partial charge in [-0.15, -0.1) is 0 Å². The second kappa shape index (κ2) is 6.57. The standard InChI is InChI=1S/C17H15ClN2O/c18-16-7-2-1-6-15(16)17-9-8-14(21-17)12-19-11-13-5-3-4-10-20-13/h1-10,19H,11-12H2. The van der Waals surface area contributed by atoms with Crippen molar-refractivity contribution in [2.75, 3.05) is 0 Å². The summed E-state index contributed by atoms with van der Waals surface area (Å²) >= 11 is 6.17. The van der Waals surface area contributed by atoms with Crippen LogP contribution in [0.15, 0.2) is 65.2 Å². The molecule has 0 radical (unpaired) electrons. The number of nitrogens with zero attached hydrogens (tertiary/aromatic N) is 1. The van der Waals surface area contributed by atoms with Crippen molar-refractivity contribution >= 4 is 11.6 Å². The molecular weight excluding hydrogens is 284 g/mol. The predicted octanol–water partition coefficient (Wildman–Crippen LogP) is 4.28. The van der Waals surface area contributed by atoms with Crippen LogP contribution in [0.5, 0.6) is 0 Å². The molecule has 3 nitrogen and oxygen atoms in total. The van der Waals surface area contributed by atoms with Crippen LogP contribution in [0, 0.1) is 0 Å². The summed E-state index contributed by atoms with van der Waals surface area (Å²) in [5.41, 5.74) is 1.92. The number of rotatable bonds is 5. The largest absolute Gasteiger partial charge is 0.460 e. The van der Waals surface area contributed by atoms with Crippen LogP contribution < -0.4 is 5.32 Å².